The Morgan fingerprint density at radius 3 is 2.21 bits per heavy atom. The second-order valence-electron chi connectivity index (χ2n) is 10.2. The Hall–Kier alpha value is -4.64. The molecule has 0 aliphatic rings. The van der Waals surface area contributed by atoms with E-state index in [4.69, 9.17) is 5.73 Å². The molecule has 0 saturated carbocycles. The van der Waals surface area contributed by atoms with Crippen molar-refractivity contribution in [3.05, 3.63) is 128 Å². The van der Waals surface area contributed by atoms with Crippen molar-refractivity contribution in [2.75, 3.05) is 15.8 Å². The number of allylic oxidation sites excluding steroid dienone is 1. The van der Waals surface area contributed by atoms with Gasteiger partial charge in [0, 0.05) is 29.9 Å². The van der Waals surface area contributed by atoms with Crippen molar-refractivity contribution in [3.8, 4) is 0 Å². The molecule has 4 rings (SSSR count). The first-order valence-electron chi connectivity index (χ1n) is 14.1. The number of aryl methyl sites for hydroxylation is 1. The summed E-state index contributed by atoms with van der Waals surface area (Å²) in [7, 11) is -3.75. The number of rotatable bonds is 13. The van der Waals surface area contributed by atoms with Gasteiger partial charge in [-0.05, 0) is 54.3 Å². The number of hydrogen-bond donors (Lipinski definition) is 3. The molecule has 11 heteroatoms. The molecule has 0 unspecified atom stereocenters. The maximum Gasteiger partial charge on any atom is 0.332 e. The lowest BCUT2D eigenvalue weighted by atomic mass is 10.1. The smallest absolute Gasteiger partial charge is 0.332 e. The maximum absolute atomic E-state index is 14.4. The average molecular weight is 606 g/mol. The quantitative estimate of drug-likeness (QED) is 0.194. The number of anilines is 3. The van der Waals surface area contributed by atoms with Crippen LogP contribution in [0.2, 0.25) is 0 Å². The molecule has 4 N–H and O–H groups in total. The number of nitrogens with one attached hydrogen (secondary N) is 2. The van der Waals surface area contributed by atoms with Crippen molar-refractivity contribution in [1.82, 2.24) is 9.13 Å². The van der Waals surface area contributed by atoms with Gasteiger partial charge in [0.05, 0.1) is 11.4 Å². The summed E-state index contributed by atoms with van der Waals surface area (Å²) in [5, 5.41) is 2.98. The summed E-state index contributed by atoms with van der Waals surface area (Å²) in [6, 6.07) is 19.5. The molecule has 3 aromatic carbocycles. The first-order valence-corrected chi connectivity index (χ1v) is 15.5. The van der Waals surface area contributed by atoms with Crippen LogP contribution in [0.4, 0.5) is 21.6 Å². The number of hydrogen-bond acceptors (Lipinski definition) is 6. The maximum atomic E-state index is 14.4. The molecule has 0 atom stereocenters. The molecule has 43 heavy (non-hydrogen) atoms. The van der Waals surface area contributed by atoms with Crippen LogP contribution in [0.25, 0.3) is 0 Å². The Morgan fingerprint density at radius 2 is 1.58 bits per heavy atom. The van der Waals surface area contributed by atoms with Crippen molar-refractivity contribution in [3.63, 3.8) is 0 Å². The number of benzene rings is 3. The summed E-state index contributed by atoms with van der Waals surface area (Å²) in [5.74, 6) is -0.545. The van der Waals surface area contributed by atoms with Crippen LogP contribution in [-0.4, -0.2) is 17.6 Å². The molecule has 0 bridgehead atoms. The number of halogens is 1. The van der Waals surface area contributed by atoms with Crippen LogP contribution in [0.15, 0.2) is 99.6 Å². The lowest BCUT2D eigenvalue weighted by Gasteiger charge is -2.19. The molecular formula is C32H36FN5O4S. The third-order valence-corrected chi connectivity index (χ3v) is 8.45. The van der Waals surface area contributed by atoms with Crippen LogP contribution in [-0.2, 0) is 36.0 Å². The van der Waals surface area contributed by atoms with Crippen LogP contribution in [0.3, 0.4) is 0 Å². The zero-order chi connectivity index (χ0) is 31.1. The molecule has 0 fully saturated rings. The Morgan fingerprint density at radius 1 is 0.930 bits per heavy atom. The molecule has 0 amide bonds. The van der Waals surface area contributed by atoms with E-state index >= 15 is 0 Å². The van der Waals surface area contributed by atoms with Gasteiger partial charge in [-0.1, -0.05) is 69.3 Å². The number of sulfonamides is 1. The van der Waals surface area contributed by atoms with Gasteiger partial charge in [0.2, 0.25) is 0 Å². The van der Waals surface area contributed by atoms with E-state index < -0.39 is 27.1 Å². The van der Waals surface area contributed by atoms with Gasteiger partial charge in [0.25, 0.3) is 15.6 Å². The Kier molecular flexibility index (Phi) is 9.87. The molecule has 1 aromatic heterocycles. The summed E-state index contributed by atoms with van der Waals surface area (Å²) < 4.78 is 44.8. The summed E-state index contributed by atoms with van der Waals surface area (Å²) in [4.78, 5) is 26.9. The minimum absolute atomic E-state index is 0.0180. The predicted octanol–water partition coefficient (Wildman–Crippen LogP) is 5.11. The molecule has 0 saturated heterocycles. The first-order chi connectivity index (χ1) is 20.5. The zero-order valence-electron chi connectivity index (χ0n) is 24.3. The fourth-order valence-corrected chi connectivity index (χ4v) is 5.64. The van der Waals surface area contributed by atoms with Crippen molar-refractivity contribution < 1.29 is 12.8 Å². The van der Waals surface area contributed by atoms with E-state index in [-0.39, 0.29) is 34.9 Å². The first kappa shape index (κ1) is 31.3. The van der Waals surface area contributed by atoms with E-state index in [1.807, 2.05) is 13.8 Å². The highest BCUT2D eigenvalue weighted by Crippen LogP contribution is 2.20. The Labute approximate surface area is 250 Å². The number of unbranched alkanes of at least 4 members (excludes halogenated alkanes) is 1. The summed E-state index contributed by atoms with van der Waals surface area (Å²) >= 11 is 0. The fraction of sp³-hybridized carbons (Fsp3) is 0.250. The SMILES string of the molecule is C=C(Cc1ccc(NS(=O)(=O)c2ccc(CC)cc2)cc1)Nc1c(N)n(CCCC)c(=O)n(Cc2ccccc2F)c1=O. The highest BCUT2D eigenvalue weighted by Gasteiger charge is 2.19. The number of nitrogens with two attached hydrogens (primary N) is 1. The molecule has 226 valence electrons. The van der Waals surface area contributed by atoms with Gasteiger partial charge < -0.3 is 11.1 Å². The summed E-state index contributed by atoms with van der Waals surface area (Å²) in [5.41, 5.74) is 7.84. The summed E-state index contributed by atoms with van der Waals surface area (Å²) in [6.07, 6.45) is 2.55. The van der Waals surface area contributed by atoms with Crippen molar-refractivity contribution in [1.29, 1.82) is 0 Å². The minimum Gasteiger partial charge on any atom is -0.383 e. The molecule has 0 spiro atoms. The van der Waals surface area contributed by atoms with E-state index in [0.717, 1.165) is 28.5 Å². The van der Waals surface area contributed by atoms with Gasteiger partial charge in [0.15, 0.2) is 0 Å². The van der Waals surface area contributed by atoms with Gasteiger partial charge in [0.1, 0.15) is 17.3 Å². The van der Waals surface area contributed by atoms with Gasteiger partial charge >= 0.3 is 5.69 Å². The molecule has 1 heterocycles. The second-order valence-corrected chi connectivity index (χ2v) is 11.9. The molecule has 0 radical (unpaired) electrons. The van der Waals surface area contributed by atoms with E-state index in [9.17, 15) is 22.4 Å². The topological polar surface area (TPSA) is 128 Å². The van der Waals surface area contributed by atoms with Crippen molar-refractivity contribution in [2.24, 2.45) is 0 Å². The molecule has 0 aliphatic heterocycles. The highest BCUT2D eigenvalue weighted by atomic mass is 32.2. The van der Waals surface area contributed by atoms with Gasteiger partial charge in [-0.2, -0.15) is 0 Å². The van der Waals surface area contributed by atoms with E-state index in [1.165, 1.54) is 22.8 Å². The minimum atomic E-state index is -3.75. The van der Waals surface area contributed by atoms with Crippen molar-refractivity contribution >= 4 is 27.2 Å². The van der Waals surface area contributed by atoms with Crippen LogP contribution < -0.4 is 27.0 Å². The Balaban J connectivity index is 1.53. The molecular weight excluding hydrogens is 569 g/mol. The van der Waals surface area contributed by atoms with E-state index in [0.29, 0.717) is 24.4 Å². The third-order valence-electron chi connectivity index (χ3n) is 7.06. The number of aromatic nitrogens is 2. The van der Waals surface area contributed by atoms with Gasteiger partial charge in [-0.3, -0.25) is 18.7 Å². The standard InChI is InChI=1S/C32H36FN5O4S/c1-4-6-19-37-30(34)29(31(39)38(32(37)40)21-25-9-7-8-10-28(25)33)35-22(3)20-24-11-15-26(16-12-24)36-43(41,42)27-17-13-23(5-2)14-18-27/h7-18,35-36H,3-6,19-21,34H2,1-2H3. The average Bonchev–Trinajstić information content (AvgIpc) is 2.99. The third kappa shape index (κ3) is 7.42. The summed E-state index contributed by atoms with van der Waals surface area (Å²) in [6.45, 7) is 8.04. The van der Waals surface area contributed by atoms with E-state index in [2.05, 4.69) is 16.6 Å². The zero-order valence-corrected chi connectivity index (χ0v) is 25.1. The van der Waals surface area contributed by atoms with Gasteiger partial charge in [-0.15, -0.1) is 0 Å². The fourth-order valence-electron chi connectivity index (χ4n) is 4.58. The van der Waals surface area contributed by atoms with Crippen LogP contribution in [0.5, 0.6) is 0 Å². The largest absolute Gasteiger partial charge is 0.383 e. The highest BCUT2D eigenvalue weighted by molar-refractivity contribution is 7.92. The lowest BCUT2D eigenvalue weighted by Crippen LogP contribution is -2.42. The monoisotopic (exact) mass is 605 g/mol. The lowest BCUT2D eigenvalue weighted by molar-refractivity contribution is 0.546. The number of nitrogen functional groups attached to an aromatic ring is 1. The number of nitrogens with zero attached hydrogens (tertiary/aromatic N) is 2. The van der Waals surface area contributed by atoms with Crippen molar-refractivity contribution in [2.45, 2.75) is 57.5 Å². The van der Waals surface area contributed by atoms with Gasteiger partial charge in [-0.25, -0.2) is 17.6 Å². The van der Waals surface area contributed by atoms with Crippen LogP contribution in [0, 0.1) is 5.82 Å². The van der Waals surface area contributed by atoms with Crippen LogP contribution in [0.1, 0.15) is 43.4 Å². The predicted molar refractivity (Wildman–Crippen MR) is 169 cm³/mol. The Bertz CT molecular complexity index is 1830. The normalized spacial score (nSPS) is 11.3. The molecule has 0 aliphatic carbocycles. The molecule has 9 nitrogen and oxygen atoms in total. The van der Waals surface area contributed by atoms with E-state index in [1.54, 1.807) is 54.6 Å². The molecule has 4 aromatic rings. The second kappa shape index (κ2) is 13.6. The van der Waals surface area contributed by atoms with Crippen LogP contribution >= 0.6 is 0 Å².